The van der Waals surface area contributed by atoms with E-state index in [1.165, 1.54) is 4.90 Å². The van der Waals surface area contributed by atoms with Gasteiger partial charge < -0.3 is 20.1 Å². The van der Waals surface area contributed by atoms with Gasteiger partial charge in [0.1, 0.15) is 6.04 Å². The third-order valence-electron chi connectivity index (χ3n) is 5.40. The van der Waals surface area contributed by atoms with Gasteiger partial charge in [-0.3, -0.25) is 14.4 Å². The maximum atomic E-state index is 13.2. The van der Waals surface area contributed by atoms with Crippen molar-refractivity contribution in [3.05, 3.63) is 12.2 Å². The van der Waals surface area contributed by atoms with Gasteiger partial charge in [0.05, 0.1) is 18.4 Å². The number of aliphatic hydroxyl groups excluding tert-OH is 1. The zero-order valence-electron chi connectivity index (χ0n) is 16.7. The number of carbonyl (C=O) groups is 3. The van der Waals surface area contributed by atoms with Crippen LogP contribution in [-0.2, 0) is 19.1 Å². The number of allylic oxidation sites excluding steroid dienone is 1. The largest absolute Gasteiger partial charge is 0.466 e. The molecular weight excluding hydrogens is 348 g/mol. The van der Waals surface area contributed by atoms with Crippen molar-refractivity contribution in [3.63, 3.8) is 0 Å². The van der Waals surface area contributed by atoms with Crippen molar-refractivity contribution in [2.75, 3.05) is 19.8 Å². The average Bonchev–Trinajstić information content (AvgIpc) is 2.90. The van der Waals surface area contributed by atoms with Crippen LogP contribution in [0.1, 0.15) is 40.5 Å². The Hall–Kier alpha value is -1.89. The van der Waals surface area contributed by atoms with Crippen LogP contribution in [0.2, 0.25) is 0 Å². The highest BCUT2D eigenvalue weighted by atomic mass is 16.5. The predicted molar refractivity (Wildman–Crippen MR) is 101 cm³/mol. The molecule has 7 heteroatoms. The van der Waals surface area contributed by atoms with E-state index in [9.17, 15) is 19.5 Å². The van der Waals surface area contributed by atoms with Gasteiger partial charge in [-0.1, -0.05) is 19.1 Å². The lowest BCUT2D eigenvalue weighted by atomic mass is 9.69. The summed E-state index contributed by atoms with van der Waals surface area (Å²) in [4.78, 5) is 40.3. The van der Waals surface area contributed by atoms with Gasteiger partial charge in [0.15, 0.2) is 0 Å². The molecule has 1 aliphatic carbocycles. The van der Waals surface area contributed by atoms with Crippen LogP contribution in [0, 0.1) is 23.7 Å². The second kappa shape index (κ2) is 9.35. The van der Waals surface area contributed by atoms with E-state index in [-0.39, 0.29) is 48.9 Å². The molecule has 7 nitrogen and oxygen atoms in total. The van der Waals surface area contributed by atoms with E-state index in [0.717, 1.165) is 6.42 Å². The van der Waals surface area contributed by atoms with Crippen molar-refractivity contribution in [1.82, 2.24) is 10.2 Å². The molecule has 27 heavy (non-hydrogen) atoms. The number of rotatable bonds is 8. The Morgan fingerprint density at radius 3 is 2.56 bits per heavy atom. The molecule has 1 aliphatic heterocycles. The molecule has 0 aromatic heterocycles. The molecule has 1 saturated heterocycles. The first-order valence-corrected chi connectivity index (χ1v) is 9.93. The molecule has 1 heterocycles. The number of aliphatic hydroxyl groups is 1. The van der Waals surface area contributed by atoms with E-state index in [1.807, 2.05) is 32.9 Å². The zero-order chi connectivity index (χ0) is 20.1. The molecule has 0 aromatic rings. The number of carbonyl (C=O) groups excluding carboxylic acids is 3. The van der Waals surface area contributed by atoms with Gasteiger partial charge in [-0.15, -0.1) is 0 Å². The van der Waals surface area contributed by atoms with E-state index in [4.69, 9.17) is 4.74 Å². The second-order valence-electron chi connectivity index (χ2n) is 7.55. The van der Waals surface area contributed by atoms with E-state index in [0.29, 0.717) is 13.0 Å². The quantitative estimate of drug-likeness (QED) is 0.486. The van der Waals surface area contributed by atoms with Crippen LogP contribution in [0.4, 0.5) is 0 Å². The van der Waals surface area contributed by atoms with Crippen LogP contribution in [0.5, 0.6) is 0 Å². The fourth-order valence-corrected chi connectivity index (χ4v) is 4.30. The molecule has 2 rings (SSSR count). The Labute approximate surface area is 161 Å². The van der Waals surface area contributed by atoms with Gasteiger partial charge in [-0.05, 0) is 39.5 Å². The van der Waals surface area contributed by atoms with Crippen molar-refractivity contribution in [3.8, 4) is 0 Å². The SMILES string of the molecule is CCOC(=O)[C@H]1[C@@H]2C(=O)N(CCCO)[C@H](C(=O)NC(C)C)[C@H]2C=C[C@H]1CC. The Morgan fingerprint density at radius 2 is 2.00 bits per heavy atom. The molecule has 5 atom stereocenters. The number of hydrogen-bond acceptors (Lipinski definition) is 5. The van der Waals surface area contributed by atoms with E-state index >= 15 is 0 Å². The van der Waals surface area contributed by atoms with Crippen molar-refractivity contribution < 1.29 is 24.2 Å². The summed E-state index contributed by atoms with van der Waals surface area (Å²) < 4.78 is 5.26. The topological polar surface area (TPSA) is 95.9 Å². The fraction of sp³-hybridized carbons (Fsp3) is 0.750. The highest BCUT2D eigenvalue weighted by Gasteiger charge is 2.57. The maximum absolute atomic E-state index is 13.2. The summed E-state index contributed by atoms with van der Waals surface area (Å²) in [5.41, 5.74) is 0. The molecule has 152 valence electrons. The molecular formula is C20H32N2O5. The van der Waals surface area contributed by atoms with Gasteiger partial charge in [-0.25, -0.2) is 0 Å². The Kier molecular flexibility index (Phi) is 7.41. The van der Waals surface area contributed by atoms with Crippen LogP contribution in [0.15, 0.2) is 12.2 Å². The summed E-state index contributed by atoms with van der Waals surface area (Å²) in [6.45, 7) is 7.95. The zero-order valence-corrected chi connectivity index (χ0v) is 16.7. The number of nitrogens with one attached hydrogen (secondary N) is 1. The highest BCUT2D eigenvalue weighted by molar-refractivity contribution is 5.96. The van der Waals surface area contributed by atoms with Crippen LogP contribution < -0.4 is 5.32 Å². The first kappa shape index (κ1) is 21.4. The Bertz CT molecular complexity index is 589. The van der Waals surface area contributed by atoms with Crippen molar-refractivity contribution in [2.24, 2.45) is 23.7 Å². The summed E-state index contributed by atoms with van der Waals surface area (Å²) in [5, 5.41) is 12.1. The predicted octanol–water partition coefficient (Wildman–Crippen LogP) is 1.11. The molecule has 0 spiro atoms. The van der Waals surface area contributed by atoms with Crippen LogP contribution in [0.3, 0.4) is 0 Å². The van der Waals surface area contributed by atoms with Gasteiger partial charge in [-0.2, -0.15) is 0 Å². The van der Waals surface area contributed by atoms with Gasteiger partial charge in [0.2, 0.25) is 11.8 Å². The number of fused-ring (bicyclic) bond motifs is 1. The lowest BCUT2D eigenvalue weighted by Crippen LogP contribution is -2.49. The second-order valence-corrected chi connectivity index (χ2v) is 7.55. The van der Waals surface area contributed by atoms with Gasteiger partial charge >= 0.3 is 5.97 Å². The van der Waals surface area contributed by atoms with Gasteiger partial charge in [0, 0.05) is 25.1 Å². The lowest BCUT2D eigenvalue weighted by Gasteiger charge is -2.33. The third kappa shape index (κ3) is 4.34. The lowest BCUT2D eigenvalue weighted by molar-refractivity contribution is -0.155. The van der Waals surface area contributed by atoms with E-state index in [2.05, 4.69) is 5.32 Å². The smallest absolute Gasteiger partial charge is 0.310 e. The first-order valence-electron chi connectivity index (χ1n) is 9.93. The number of ether oxygens (including phenoxy) is 1. The van der Waals surface area contributed by atoms with Gasteiger partial charge in [0.25, 0.3) is 0 Å². The maximum Gasteiger partial charge on any atom is 0.310 e. The summed E-state index contributed by atoms with van der Waals surface area (Å²) >= 11 is 0. The Balaban J connectivity index is 2.41. The monoisotopic (exact) mass is 380 g/mol. The molecule has 1 fully saturated rings. The minimum absolute atomic E-state index is 0.0526. The number of esters is 1. The van der Waals surface area contributed by atoms with Crippen molar-refractivity contribution >= 4 is 17.8 Å². The minimum Gasteiger partial charge on any atom is -0.466 e. The first-order chi connectivity index (χ1) is 12.9. The van der Waals surface area contributed by atoms with Crippen LogP contribution in [0.25, 0.3) is 0 Å². The van der Waals surface area contributed by atoms with Crippen LogP contribution >= 0.6 is 0 Å². The molecule has 2 N–H and O–H groups in total. The standard InChI is InChI=1S/C20H32N2O5/c1-5-13-8-9-14-16(15(13)20(26)27-6-2)19(25)22(10-7-11-23)17(14)18(24)21-12(3)4/h8-9,12-17,23H,5-7,10-11H2,1-4H3,(H,21,24)/t13-,14+,15-,16-,17+/m1/s1. The number of nitrogens with zero attached hydrogens (tertiary/aromatic N) is 1. The molecule has 2 amide bonds. The summed E-state index contributed by atoms with van der Waals surface area (Å²) in [6, 6.07) is -0.717. The molecule has 2 aliphatic rings. The van der Waals surface area contributed by atoms with Crippen LogP contribution in [-0.4, -0.2) is 59.6 Å². The molecule has 0 unspecified atom stereocenters. The number of likely N-dealkylation sites (tertiary alicyclic amines) is 1. The minimum atomic E-state index is -0.664. The van der Waals surface area contributed by atoms with E-state index < -0.39 is 17.9 Å². The number of hydrogen-bond donors (Lipinski definition) is 2. The molecule has 0 bridgehead atoms. The van der Waals surface area contributed by atoms with E-state index in [1.54, 1.807) is 6.92 Å². The molecule has 0 aromatic carbocycles. The Morgan fingerprint density at radius 1 is 1.30 bits per heavy atom. The van der Waals surface area contributed by atoms with Crippen molar-refractivity contribution in [1.29, 1.82) is 0 Å². The normalized spacial score (nSPS) is 29.8. The fourth-order valence-electron chi connectivity index (χ4n) is 4.30. The summed E-state index contributed by atoms with van der Waals surface area (Å²) in [7, 11) is 0. The molecule has 0 radical (unpaired) electrons. The summed E-state index contributed by atoms with van der Waals surface area (Å²) in [6.07, 6.45) is 4.99. The highest BCUT2D eigenvalue weighted by Crippen LogP contribution is 2.45. The molecule has 0 saturated carbocycles. The third-order valence-corrected chi connectivity index (χ3v) is 5.40. The average molecular weight is 380 g/mol. The van der Waals surface area contributed by atoms with Crippen molar-refractivity contribution in [2.45, 2.75) is 52.6 Å². The summed E-state index contributed by atoms with van der Waals surface area (Å²) in [5.74, 6) is -2.41. The number of amides is 2.